The van der Waals surface area contributed by atoms with Crippen LogP contribution in [0, 0.1) is 11.6 Å². The van der Waals surface area contributed by atoms with Crippen molar-refractivity contribution in [3.63, 3.8) is 0 Å². The lowest BCUT2D eigenvalue weighted by Gasteiger charge is -2.16. The predicted molar refractivity (Wildman–Crippen MR) is 77.3 cm³/mol. The van der Waals surface area contributed by atoms with E-state index < -0.39 is 29.5 Å². The summed E-state index contributed by atoms with van der Waals surface area (Å²) in [5.74, 6) is -2.03. The van der Waals surface area contributed by atoms with Crippen LogP contribution in [0.3, 0.4) is 0 Å². The fraction of sp³-hybridized carbons (Fsp3) is 0.125. The van der Waals surface area contributed by atoms with Crippen molar-refractivity contribution in [3.05, 3.63) is 60.2 Å². The Labute approximate surface area is 125 Å². The van der Waals surface area contributed by atoms with Gasteiger partial charge in [0.05, 0.1) is 17.8 Å². The van der Waals surface area contributed by atoms with Crippen LogP contribution in [0.15, 0.2) is 48.5 Å². The van der Waals surface area contributed by atoms with Crippen LogP contribution in [0.25, 0.3) is 0 Å². The van der Waals surface area contributed by atoms with Crippen LogP contribution >= 0.6 is 0 Å². The quantitative estimate of drug-likeness (QED) is 0.887. The second kappa shape index (κ2) is 5.55. The molecule has 0 radical (unpaired) electrons. The zero-order valence-electron chi connectivity index (χ0n) is 11.4. The number of rotatable bonds is 3. The highest BCUT2D eigenvalue weighted by molar-refractivity contribution is 6.23. The van der Waals surface area contributed by atoms with Crippen molar-refractivity contribution in [1.29, 1.82) is 0 Å². The normalized spacial score (nSPS) is 17.9. The summed E-state index contributed by atoms with van der Waals surface area (Å²) in [5, 5.41) is 2.72. The maximum absolute atomic E-state index is 13.6. The number of nitrogens with zero attached hydrogens (tertiary/aromatic N) is 1. The molecular weight excluding hydrogens is 290 g/mol. The fourth-order valence-corrected chi connectivity index (χ4v) is 2.40. The van der Waals surface area contributed by atoms with Crippen LogP contribution in [-0.4, -0.2) is 17.9 Å². The molecule has 2 amide bonds. The summed E-state index contributed by atoms with van der Waals surface area (Å²) >= 11 is 0. The minimum Gasteiger partial charge on any atom is -0.371 e. The summed E-state index contributed by atoms with van der Waals surface area (Å²) < 4.78 is 26.9. The van der Waals surface area contributed by atoms with E-state index in [0.717, 1.165) is 11.0 Å². The topological polar surface area (TPSA) is 49.4 Å². The van der Waals surface area contributed by atoms with Gasteiger partial charge in [0.15, 0.2) is 0 Å². The smallest absolute Gasteiger partial charge is 0.256 e. The molecule has 2 aromatic rings. The first-order chi connectivity index (χ1) is 10.6. The van der Waals surface area contributed by atoms with Gasteiger partial charge in [0, 0.05) is 0 Å². The van der Waals surface area contributed by atoms with E-state index in [1.54, 1.807) is 6.07 Å². The fourth-order valence-electron chi connectivity index (χ4n) is 2.40. The third kappa shape index (κ3) is 2.55. The molecule has 1 fully saturated rings. The lowest BCUT2D eigenvalue weighted by atomic mass is 10.2. The Balaban J connectivity index is 1.84. The zero-order valence-corrected chi connectivity index (χ0v) is 11.4. The largest absolute Gasteiger partial charge is 0.371 e. The first kappa shape index (κ1) is 14.2. The summed E-state index contributed by atoms with van der Waals surface area (Å²) in [6.45, 7) is 0. The summed E-state index contributed by atoms with van der Waals surface area (Å²) in [7, 11) is 0. The number of para-hydroxylation sites is 1. The number of anilines is 2. The van der Waals surface area contributed by atoms with E-state index in [2.05, 4.69) is 5.32 Å². The number of amides is 2. The number of carbonyl (C=O) groups excluding carboxylic acids is 2. The van der Waals surface area contributed by atoms with E-state index in [0.29, 0.717) is 0 Å². The van der Waals surface area contributed by atoms with Crippen LogP contribution in [0.1, 0.15) is 6.42 Å². The van der Waals surface area contributed by atoms with Crippen LogP contribution < -0.4 is 10.2 Å². The van der Waals surface area contributed by atoms with Crippen molar-refractivity contribution in [1.82, 2.24) is 0 Å². The van der Waals surface area contributed by atoms with Crippen molar-refractivity contribution < 1.29 is 18.4 Å². The molecule has 0 aliphatic carbocycles. The minimum absolute atomic E-state index is 0.107. The van der Waals surface area contributed by atoms with E-state index in [1.807, 2.05) is 0 Å². The monoisotopic (exact) mass is 302 g/mol. The maximum Gasteiger partial charge on any atom is 0.256 e. The average Bonchev–Trinajstić information content (AvgIpc) is 2.76. The van der Waals surface area contributed by atoms with E-state index >= 15 is 0 Å². The Kier molecular flexibility index (Phi) is 3.58. The zero-order chi connectivity index (χ0) is 15.7. The molecule has 1 aliphatic rings. The Morgan fingerprint density at radius 1 is 1.05 bits per heavy atom. The lowest BCUT2D eigenvalue weighted by Crippen LogP contribution is -2.35. The number of carbonyl (C=O) groups is 2. The molecule has 0 spiro atoms. The number of benzene rings is 2. The van der Waals surface area contributed by atoms with Crippen LogP contribution in [0.5, 0.6) is 0 Å². The van der Waals surface area contributed by atoms with Crippen molar-refractivity contribution in [2.24, 2.45) is 0 Å². The molecule has 1 unspecified atom stereocenters. The average molecular weight is 302 g/mol. The first-order valence-electron chi connectivity index (χ1n) is 6.69. The molecule has 6 heteroatoms. The number of nitrogens with one attached hydrogen (secondary N) is 1. The summed E-state index contributed by atoms with van der Waals surface area (Å²) in [4.78, 5) is 25.3. The highest BCUT2D eigenvalue weighted by atomic mass is 19.1. The van der Waals surface area contributed by atoms with E-state index in [9.17, 15) is 18.4 Å². The molecule has 2 aromatic carbocycles. The van der Waals surface area contributed by atoms with E-state index in [4.69, 9.17) is 0 Å². The van der Waals surface area contributed by atoms with Crippen molar-refractivity contribution in [3.8, 4) is 0 Å². The Morgan fingerprint density at radius 2 is 1.82 bits per heavy atom. The molecule has 112 valence electrons. The van der Waals surface area contributed by atoms with Gasteiger partial charge in [0.1, 0.15) is 17.7 Å². The van der Waals surface area contributed by atoms with Gasteiger partial charge in [-0.15, -0.1) is 0 Å². The van der Waals surface area contributed by atoms with Crippen molar-refractivity contribution in [2.45, 2.75) is 12.5 Å². The summed E-state index contributed by atoms with van der Waals surface area (Å²) in [5.41, 5.74) is 0.322. The first-order valence-corrected chi connectivity index (χ1v) is 6.69. The predicted octanol–water partition coefficient (Wildman–Crippen LogP) is 2.71. The third-order valence-electron chi connectivity index (χ3n) is 3.42. The molecule has 1 heterocycles. The van der Waals surface area contributed by atoms with Crippen LogP contribution in [0.2, 0.25) is 0 Å². The summed E-state index contributed by atoms with van der Waals surface area (Å²) in [6.07, 6.45) is -0.107. The van der Waals surface area contributed by atoms with Gasteiger partial charge in [0.2, 0.25) is 5.91 Å². The van der Waals surface area contributed by atoms with Crippen LogP contribution in [0.4, 0.5) is 20.2 Å². The van der Waals surface area contributed by atoms with Gasteiger partial charge in [0.25, 0.3) is 5.91 Å². The van der Waals surface area contributed by atoms with Gasteiger partial charge in [-0.3, -0.25) is 9.59 Å². The molecule has 0 bridgehead atoms. The molecule has 1 aliphatic heterocycles. The Bertz CT molecular complexity index is 748. The minimum atomic E-state index is -0.868. The Hall–Kier alpha value is -2.76. The van der Waals surface area contributed by atoms with Crippen molar-refractivity contribution >= 4 is 23.2 Å². The van der Waals surface area contributed by atoms with Gasteiger partial charge >= 0.3 is 0 Å². The number of imide groups is 1. The number of hydrogen-bond acceptors (Lipinski definition) is 3. The second-order valence-electron chi connectivity index (χ2n) is 4.93. The second-order valence-corrected chi connectivity index (χ2v) is 4.93. The van der Waals surface area contributed by atoms with Crippen molar-refractivity contribution in [2.75, 3.05) is 10.2 Å². The molecule has 22 heavy (non-hydrogen) atoms. The molecule has 0 aromatic heterocycles. The summed E-state index contributed by atoms with van der Waals surface area (Å²) in [6, 6.07) is 10.3. The maximum atomic E-state index is 13.6. The molecule has 4 nitrogen and oxygen atoms in total. The molecule has 1 saturated heterocycles. The molecule has 1 N–H and O–H groups in total. The SMILES string of the molecule is O=C1CC(Nc2ccccc2F)C(=O)N1c1cccc(F)c1. The van der Waals surface area contributed by atoms with Crippen LogP contribution in [-0.2, 0) is 9.59 Å². The van der Waals surface area contributed by atoms with Gasteiger partial charge in [-0.1, -0.05) is 18.2 Å². The third-order valence-corrected chi connectivity index (χ3v) is 3.42. The molecular formula is C16H12F2N2O2. The molecule has 0 saturated carbocycles. The number of halogens is 2. The highest BCUT2D eigenvalue weighted by Gasteiger charge is 2.39. The van der Waals surface area contributed by atoms with Gasteiger partial charge in [-0.2, -0.15) is 0 Å². The van der Waals surface area contributed by atoms with E-state index in [1.165, 1.54) is 36.4 Å². The van der Waals surface area contributed by atoms with Gasteiger partial charge in [-0.05, 0) is 30.3 Å². The number of hydrogen-bond donors (Lipinski definition) is 1. The van der Waals surface area contributed by atoms with Gasteiger partial charge in [-0.25, -0.2) is 13.7 Å². The van der Waals surface area contributed by atoms with Gasteiger partial charge < -0.3 is 5.32 Å². The Morgan fingerprint density at radius 3 is 2.55 bits per heavy atom. The molecule has 3 rings (SSSR count). The van der Waals surface area contributed by atoms with E-state index in [-0.39, 0.29) is 17.8 Å². The molecule has 1 atom stereocenters. The highest BCUT2D eigenvalue weighted by Crippen LogP contribution is 2.26. The standard InChI is InChI=1S/C16H12F2N2O2/c17-10-4-3-5-11(8-10)20-15(21)9-14(16(20)22)19-13-7-2-1-6-12(13)18/h1-8,14,19H,9H2. The lowest BCUT2D eigenvalue weighted by molar-refractivity contribution is -0.121.